The zero-order valence-corrected chi connectivity index (χ0v) is 18.0. The van der Waals surface area contributed by atoms with Crippen LogP contribution in [0.2, 0.25) is 0 Å². The summed E-state index contributed by atoms with van der Waals surface area (Å²) in [5.41, 5.74) is 1.21. The molecule has 0 atom stereocenters. The molecule has 3 rings (SSSR count). The van der Waals surface area contributed by atoms with E-state index in [-0.39, 0.29) is 11.6 Å². The Morgan fingerprint density at radius 2 is 1.97 bits per heavy atom. The smallest absolute Gasteiger partial charge is 0.435 e. The van der Waals surface area contributed by atoms with Crippen molar-refractivity contribution in [1.29, 1.82) is 0 Å². The third-order valence-corrected chi connectivity index (χ3v) is 5.33. The number of H-pyrrole nitrogens is 1. The van der Waals surface area contributed by atoms with Gasteiger partial charge in [0.05, 0.1) is 11.4 Å². The van der Waals surface area contributed by atoms with Gasteiger partial charge in [0.15, 0.2) is 5.69 Å². The average molecular weight is 456 g/mol. The molecule has 0 saturated carbocycles. The molecule has 1 N–H and O–H groups in total. The van der Waals surface area contributed by atoms with Crippen molar-refractivity contribution in [2.75, 3.05) is 17.9 Å². The summed E-state index contributed by atoms with van der Waals surface area (Å²) in [5.74, 6) is 0.407. The van der Waals surface area contributed by atoms with E-state index in [0.29, 0.717) is 5.69 Å². The summed E-state index contributed by atoms with van der Waals surface area (Å²) in [6.45, 7) is 1.65. The van der Waals surface area contributed by atoms with E-state index < -0.39 is 24.4 Å². The first-order valence-electron chi connectivity index (χ1n) is 9.04. The number of hydrogen-bond acceptors (Lipinski definition) is 5. The molecule has 10 heteroatoms. The van der Waals surface area contributed by atoms with Crippen LogP contribution < -0.4 is 0 Å². The van der Waals surface area contributed by atoms with Crippen molar-refractivity contribution in [2.24, 2.45) is 0 Å². The summed E-state index contributed by atoms with van der Waals surface area (Å²) in [6, 6.07) is 12.3. The average Bonchev–Trinajstić information content (AvgIpc) is 3.34. The van der Waals surface area contributed by atoms with Crippen LogP contribution in [0.15, 0.2) is 47.4 Å². The van der Waals surface area contributed by atoms with Crippen LogP contribution >= 0.6 is 23.5 Å². The number of nitrogens with zero attached hydrogens (tertiary/aromatic N) is 2. The number of carbonyl (C=O) groups is 1. The van der Waals surface area contributed by atoms with Gasteiger partial charge in [-0.05, 0) is 47.9 Å². The highest BCUT2D eigenvalue weighted by molar-refractivity contribution is 7.99. The molecule has 0 fully saturated rings. The van der Waals surface area contributed by atoms with Crippen molar-refractivity contribution in [1.82, 2.24) is 14.8 Å². The molecular weight excluding hydrogens is 435 g/mol. The first-order valence-corrected chi connectivity index (χ1v) is 11.4. The Labute approximate surface area is 180 Å². The highest BCUT2D eigenvalue weighted by Crippen LogP contribution is 2.33. The number of ether oxygens (including phenoxy) is 1. The fourth-order valence-corrected chi connectivity index (χ4v) is 3.79. The number of thioether (sulfide) groups is 2. The van der Waals surface area contributed by atoms with Gasteiger partial charge in [-0.15, -0.1) is 23.5 Å². The molecule has 30 heavy (non-hydrogen) atoms. The summed E-state index contributed by atoms with van der Waals surface area (Å²) in [5, 5.41) is 3.59. The Hall–Kier alpha value is -2.33. The topological polar surface area (TPSA) is 59.9 Å². The zero-order valence-electron chi connectivity index (χ0n) is 16.3. The maximum absolute atomic E-state index is 13.2. The van der Waals surface area contributed by atoms with Crippen LogP contribution in [0.4, 0.5) is 13.2 Å². The summed E-state index contributed by atoms with van der Waals surface area (Å²) < 4.78 is 45.6. The van der Waals surface area contributed by atoms with Gasteiger partial charge >= 0.3 is 12.1 Å². The second kappa shape index (κ2) is 9.65. The van der Waals surface area contributed by atoms with Crippen LogP contribution in [-0.4, -0.2) is 38.7 Å². The largest absolute Gasteiger partial charge is 0.453 e. The first-order chi connectivity index (χ1) is 14.3. The van der Waals surface area contributed by atoms with E-state index in [0.717, 1.165) is 32.7 Å². The van der Waals surface area contributed by atoms with Crippen LogP contribution in [0.3, 0.4) is 0 Å². The summed E-state index contributed by atoms with van der Waals surface area (Å²) in [4.78, 5) is 16.2. The van der Waals surface area contributed by atoms with Crippen molar-refractivity contribution in [2.45, 2.75) is 24.5 Å². The summed E-state index contributed by atoms with van der Waals surface area (Å²) >= 11 is 3.00. The van der Waals surface area contributed by atoms with Gasteiger partial charge in [-0.25, -0.2) is 0 Å². The lowest BCUT2D eigenvalue weighted by Gasteiger charge is -2.07. The molecule has 3 aromatic rings. The molecule has 1 aromatic carbocycles. The molecule has 0 amide bonds. The van der Waals surface area contributed by atoms with Gasteiger partial charge in [-0.3, -0.25) is 9.48 Å². The maximum Gasteiger partial charge on any atom is 0.435 e. The molecule has 0 saturated heterocycles. The zero-order chi connectivity index (χ0) is 21.7. The predicted octanol–water partition coefficient (Wildman–Crippen LogP) is 5.54. The van der Waals surface area contributed by atoms with Gasteiger partial charge < -0.3 is 9.72 Å². The second-order valence-corrected chi connectivity index (χ2v) is 8.39. The van der Waals surface area contributed by atoms with Crippen molar-refractivity contribution in [3.05, 3.63) is 48.2 Å². The quantitative estimate of drug-likeness (QED) is 0.275. The van der Waals surface area contributed by atoms with Crippen LogP contribution in [0.5, 0.6) is 0 Å². The number of aromatic nitrogens is 3. The van der Waals surface area contributed by atoms with E-state index in [4.69, 9.17) is 4.74 Å². The molecule has 2 aromatic heterocycles. The lowest BCUT2D eigenvalue weighted by atomic mass is 10.2. The van der Waals surface area contributed by atoms with Crippen LogP contribution in [-0.2, 0) is 22.3 Å². The standard InChI is InChI=1S/C20H20F3N3O2S2/c1-3-30-14-6-4-5-13(9-14)15-7-8-16(24-15)17-10-18(20(21,22)23)25-26(17)11-19(27)28-12-29-2/h4-10,24H,3,11-12H2,1-2H3. The molecule has 0 aliphatic carbocycles. The highest BCUT2D eigenvalue weighted by Gasteiger charge is 2.35. The van der Waals surface area contributed by atoms with Crippen molar-refractivity contribution in [3.63, 3.8) is 0 Å². The predicted molar refractivity (Wildman–Crippen MR) is 113 cm³/mol. The number of nitrogens with one attached hydrogen (secondary N) is 1. The number of benzene rings is 1. The Morgan fingerprint density at radius 3 is 2.67 bits per heavy atom. The lowest BCUT2D eigenvalue weighted by Crippen LogP contribution is -2.16. The number of esters is 1. The van der Waals surface area contributed by atoms with E-state index in [1.807, 2.05) is 24.3 Å². The molecule has 0 unspecified atom stereocenters. The summed E-state index contributed by atoms with van der Waals surface area (Å²) in [6.07, 6.45) is -2.87. The Bertz CT molecular complexity index is 1010. The van der Waals surface area contributed by atoms with Gasteiger partial charge in [0.1, 0.15) is 12.5 Å². The minimum Gasteiger partial charge on any atom is -0.453 e. The Kier molecular flexibility index (Phi) is 7.19. The van der Waals surface area contributed by atoms with Crippen LogP contribution in [0, 0.1) is 0 Å². The van der Waals surface area contributed by atoms with Gasteiger partial charge in [-0.1, -0.05) is 19.1 Å². The monoisotopic (exact) mass is 455 g/mol. The van der Waals surface area contributed by atoms with E-state index >= 15 is 0 Å². The van der Waals surface area contributed by atoms with Crippen molar-refractivity contribution < 1.29 is 22.7 Å². The fraction of sp³-hybridized carbons (Fsp3) is 0.300. The number of aromatic amines is 1. The normalized spacial score (nSPS) is 11.6. The molecule has 0 radical (unpaired) electrons. The molecule has 2 heterocycles. The summed E-state index contributed by atoms with van der Waals surface area (Å²) in [7, 11) is 0. The Morgan fingerprint density at radius 1 is 1.20 bits per heavy atom. The Balaban J connectivity index is 1.94. The van der Waals surface area contributed by atoms with Gasteiger partial charge in [0.2, 0.25) is 0 Å². The maximum atomic E-state index is 13.2. The third-order valence-electron chi connectivity index (χ3n) is 4.11. The fourth-order valence-electron chi connectivity index (χ4n) is 2.82. The van der Waals surface area contributed by atoms with E-state index in [9.17, 15) is 18.0 Å². The number of hydrogen-bond donors (Lipinski definition) is 1. The molecule has 5 nitrogen and oxygen atoms in total. The van der Waals surface area contributed by atoms with Gasteiger partial charge in [-0.2, -0.15) is 18.3 Å². The molecule has 0 bridgehead atoms. The molecule has 0 spiro atoms. The van der Waals surface area contributed by atoms with E-state index in [1.54, 1.807) is 30.2 Å². The van der Waals surface area contributed by atoms with E-state index in [1.165, 1.54) is 11.8 Å². The van der Waals surface area contributed by atoms with Gasteiger partial charge in [0.25, 0.3) is 0 Å². The van der Waals surface area contributed by atoms with Crippen LogP contribution in [0.1, 0.15) is 12.6 Å². The second-order valence-electron chi connectivity index (χ2n) is 6.24. The molecular formula is C20H20F3N3O2S2. The van der Waals surface area contributed by atoms with E-state index in [2.05, 4.69) is 17.0 Å². The van der Waals surface area contributed by atoms with Crippen molar-refractivity contribution in [3.8, 4) is 22.6 Å². The number of alkyl halides is 3. The van der Waals surface area contributed by atoms with Gasteiger partial charge in [0, 0.05) is 10.6 Å². The lowest BCUT2D eigenvalue weighted by molar-refractivity contribution is -0.144. The molecule has 0 aliphatic rings. The minimum atomic E-state index is -4.62. The highest BCUT2D eigenvalue weighted by atomic mass is 32.2. The van der Waals surface area contributed by atoms with Crippen LogP contribution in [0.25, 0.3) is 22.6 Å². The first kappa shape index (κ1) is 22.4. The number of carbonyl (C=O) groups excluding carboxylic acids is 1. The number of rotatable bonds is 8. The third kappa shape index (κ3) is 5.42. The number of halogens is 3. The minimum absolute atomic E-state index is 0.125. The van der Waals surface area contributed by atoms with Crippen molar-refractivity contribution >= 4 is 29.5 Å². The molecule has 0 aliphatic heterocycles. The molecule has 160 valence electrons. The SMILES string of the molecule is CCSc1cccc(-c2ccc(-c3cc(C(F)(F)F)nn3CC(=O)OCSC)[nH]2)c1.